The molecule has 8 heteroatoms. The maximum absolute atomic E-state index is 12.1. The lowest BCUT2D eigenvalue weighted by Crippen LogP contribution is -2.07. The summed E-state index contributed by atoms with van der Waals surface area (Å²) in [5.74, 6) is -0.304. The van der Waals surface area contributed by atoms with E-state index in [4.69, 9.17) is 46.4 Å². The van der Waals surface area contributed by atoms with Crippen molar-refractivity contribution in [1.29, 1.82) is 0 Å². The Hall–Kier alpha value is -1.56. The van der Waals surface area contributed by atoms with Crippen molar-refractivity contribution in [2.45, 2.75) is 6.42 Å². The highest BCUT2D eigenvalue weighted by molar-refractivity contribution is 7.15. The Kier molecular flexibility index (Phi) is 6.79. The van der Waals surface area contributed by atoms with Crippen LogP contribution < -0.4 is 5.32 Å². The van der Waals surface area contributed by atoms with E-state index in [0.29, 0.717) is 37.2 Å². The third-order valence-corrected chi connectivity index (χ3v) is 5.75. The van der Waals surface area contributed by atoms with E-state index in [0.717, 1.165) is 10.4 Å². The number of thiazole rings is 1. The standard InChI is InChI=1S/C19H12Cl4N2OS/c20-13-3-5-15(21)12(9-13)2-6-18(26)25-19-24-10-14(27-19)7-11-1-4-16(22)17(23)8-11/h1-6,8-10H,7H2,(H,24,25,26). The highest BCUT2D eigenvalue weighted by atomic mass is 35.5. The van der Waals surface area contributed by atoms with Crippen molar-refractivity contribution in [2.75, 3.05) is 5.32 Å². The first-order valence-corrected chi connectivity index (χ1v) is 10.1. The van der Waals surface area contributed by atoms with E-state index in [1.54, 1.807) is 36.5 Å². The predicted molar refractivity (Wildman–Crippen MR) is 116 cm³/mol. The molecule has 138 valence electrons. The quantitative estimate of drug-likeness (QED) is 0.419. The third kappa shape index (κ3) is 5.71. The number of amides is 1. The van der Waals surface area contributed by atoms with Crippen LogP contribution in [0.3, 0.4) is 0 Å². The molecule has 0 aliphatic carbocycles. The SMILES string of the molecule is O=C(C=Cc1cc(Cl)ccc1Cl)Nc1ncc(Cc2ccc(Cl)c(Cl)c2)s1. The molecule has 0 saturated heterocycles. The van der Waals surface area contributed by atoms with Crippen LogP contribution in [0, 0.1) is 0 Å². The molecule has 0 aliphatic rings. The number of carbonyl (C=O) groups is 1. The lowest BCUT2D eigenvalue weighted by atomic mass is 10.1. The minimum absolute atomic E-state index is 0.304. The Morgan fingerprint density at radius 2 is 1.81 bits per heavy atom. The zero-order chi connectivity index (χ0) is 19.4. The van der Waals surface area contributed by atoms with Gasteiger partial charge in [-0.3, -0.25) is 10.1 Å². The molecule has 0 saturated carbocycles. The molecular weight excluding hydrogens is 446 g/mol. The number of nitrogens with zero attached hydrogens (tertiary/aromatic N) is 1. The average molecular weight is 458 g/mol. The second-order valence-corrected chi connectivity index (χ2v) is 8.32. The molecule has 3 nitrogen and oxygen atoms in total. The van der Waals surface area contributed by atoms with Crippen molar-refractivity contribution in [1.82, 2.24) is 4.98 Å². The monoisotopic (exact) mass is 456 g/mol. The number of halogens is 4. The van der Waals surface area contributed by atoms with Gasteiger partial charge in [0.15, 0.2) is 5.13 Å². The maximum atomic E-state index is 12.1. The number of nitrogens with one attached hydrogen (secondary N) is 1. The van der Waals surface area contributed by atoms with Crippen LogP contribution in [-0.2, 0) is 11.2 Å². The second kappa shape index (κ2) is 9.09. The molecule has 1 aromatic heterocycles. The van der Waals surface area contributed by atoms with Gasteiger partial charge in [-0.25, -0.2) is 4.98 Å². The summed E-state index contributed by atoms with van der Waals surface area (Å²) in [5, 5.41) is 5.33. The Balaban J connectivity index is 1.63. The summed E-state index contributed by atoms with van der Waals surface area (Å²) in [6.45, 7) is 0. The van der Waals surface area contributed by atoms with E-state index in [1.807, 2.05) is 12.1 Å². The summed E-state index contributed by atoms with van der Waals surface area (Å²) in [5.41, 5.74) is 1.68. The maximum Gasteiger partial charge on any atom is 0.250 e. The Morgan fingerprint density at radius 1 is 1.04 bits per heavy atom. The molecule has 2 aromatic carbocycles. The first-order valence-electron chi connectivity index (χ1n) is 7.73. The predicted octanol–water partition coefficient (Wildman–Crippen LogP) is 7.00. The van der Waals surface area contributed by atoms with Crippen molar-refractivity contribution in [3.05, 3.63) is 84.8 Å². The van der Waals surface area contributed by atoms with Gasteiger partial charge in [0.2, 0.25) is 5.91 Å². The largest absolute Gasteiger partial charge is 0.298 e. The van der Waals surface area contributed by atoms with Crippen LogP contribution in [0.1, 0.15) is 16.0 Å². The van der Waals surface area contributed by atoms with Crippen LogP contribution in [-0.4, -0.2) is 10.9 Å². The molecule has 1 heterocycles. The van der Waals surface area contributed by atoms with Crippen molar-refractivity contribution in [3.63, 3.8) is 0 Å². The Morgan fingerprint density at radius 3 is 2.59 bits per heavy atom. The van der Waals surface area contributed by atoms with Crippen molar-refractivity contribution < 1.29 is 4.79 Å². The summed E-state index contributed by atoms with van der Waals surface area (Å²) in [7, 11) is 0. The summed E-state index contributed by atoms with van der Waals surface area (Å²) in [6, 6.07) is 10.5. The van der Waals surface area contributed by atoms with E-state index < -0.39 is 0 Å². The first-order chi connectivity index (χ1) is 12.9. The molecule has 3 rings (SSSR count). The van der Waals surface area contributed by atoms with Gasteiger partial charge in [0.25, 0.3) is 0 Å². The molecule has 1 amide bonds. The summed E-state index contributed by atoms with van der Waals surface area (Å²) in [6.07, 6.45) is 5.37. The van der Waals surface area contributed by atoms with Crippen LogP contribution >= 0.6 is 57.7 Å². The van der Waals surface area contributed by atoms with Crippen molar-refractivity contribution in [2.24, 2.45) is 0 Å². The van der Waals surface area contributed by atoms with Gasteiger partial charge in [-0.1, -0.05) is 52.5 Å². The number of hydrogen-bond acceptors (Lipinski definition) is 3. The van der Waals surface area contributed by atoms with Gasteiger partial charge in [-0.15, -0.1) is 11.3 Å². The molecular formula is C19H12Cl4N2OS. The van der Waals surface area contributed by atoms with Gasteiger partial charge < -0.3 is 0 Å². The third-order valence-electron chi connectivity index (χ3n) is 3.52. The molecule has 0 atom stereocenters. The number of aromatic nitrogens is 1. The van der Waals surface area contributed by atoms with E-state index in [-0.39, 0.29) is 5.91 Å². The zero-order valence-corrected chi connectivity index (χ0v) is 17.5. The fourth-order valence-corrected chi connectivity index (χ4v) is 3.78. The van der Waals surface area contributed by atoms with E-state index in [1.165, 1.54) is 17.4 Å². The smallest absolute Gasteiger partial charge is 0.250 e. The first kappa shape index (κ1) is 20.2. The minimum Gasteiger partial charge on any atom is -0.298 e. The minimum atomic E-state index is -0.304. The summed E-state index contributed by atoms with van der Waals surface area (Å²) in [4.78, 5) is 17.3. The number of benzene rings is 2. The summed E-state index contributed by atoms with van der Waals surface area (Å²) >= 11 is 25.4. The molecule has 3 aromatic rings. The van der Waals surface area contributed by atoms with Gasteiger partial charge >= 0.3 is 0 Å². The van der Waals surface area contributed by atoms with Gasteiger partial charge in [0.05, 0.1) is 10.0 Å². The van der Waals surface area contributed by atoms with Crippen molar-refractivity contribution in [3.8, 4) is 0 Å². The van der Waals surface area contributed by atoms with Crippen LogP contribution in [0.5, 0.6) is 0 Å². The van der Waals surface area contributed by atoms with Crippen molar-refractivity contribution >= 4 is 74.9 Å². The molecule has 0 radical (unpaired) electrons. The second-order valence-electron chi connectivity index (χ2n) is 5.55. The Labute approximate surface area is 180 Å². The van der Waals surface area contributed by atoms with Crippen LogP contribution in [0.25, 0.3) is 6.08 Å². The normalized spacial score (nSPS) is 11.1. The number of hydrogen-bond donors (Lipinski definition) is 1. The topological polar surface area (TPSA) is 42.0 Å². The van der Waals surface area contributed by atoms with E-state index in [2.05, 4.69) is 10.3 Å². The van der Waals surface area contributed by atoms with Gasteiger partial charge in [0.1, 0.15) is 0 Å². The molecule has 1 N–H and O–H groups in total. The van der Waals surface area contributed by atoms with E-state index >= 15 is 0 Å². The highest BCUT2D eigenvalue weighted by Crippen LogP contribution is 2.26. The molecule has 0 bridgehead atoms. The van der Waals surface area contributed by atoms with E-state index in [9.17, 15) is 4.79 Å². The molecule has 0 spiro atoms. The molecule has 0 fully saturated rings. The fourth-order valence-electron chi connectivity index (χ4n) is 2.25. The van der Waals surface area contributed by atoms with Gasteiger partial charge in [0, 0.05) is 33.6 Å². The Bertz CT molecular complexity index is 1020. The highest BCUT2D eigenvalue weighted by Gasteiger charge is 2.07. The lowest BCUT2D eigenvalue weighted by molar-refractivity contribution is -0.111. The van der Waals surface area contributed by atoms with Crippen LogP contribution in [0.2, 0.25) is 20.1 Å². The van der Waals surface area contributed by atoms with Crippen LogP contribution in [0.4, 0.5) is 5.13 Å². The molecule has 0 unspecified atom stereocenters. The molecule has 0 aliphatic heterocycles. The average Bonchev–Trinajstić information content (AvgIpc) is 3.06. The summed E-state index contributed by atoms with van der Waals surface area (Å²) < 4.78 is 0. The number of rotatable bonds is 5. The fraction of sp³-hybridized carbons (Fsp3) is 0.0526. The van der Waals surface area contributed by atoms with Crippen LogP contribution in [0.15, 0.2) is 48.7 Å². The van der Waals surface area contributed by atoms with Gasteiger partial charge in [-0.2, -0.15) is 0 Å². The number of anilines is 1. The number of carbonyl (C=O) groups excluding carboxylic acids is 1. The van der Waals surface area contributed by atoms with Gasteiger partial charge in [-0.05, 0) is 47.5 Å². The zero-order valence-electron chi connectivity index (χ0n) is 13.7. The lowest BCUT2D eigenvalue weighted by Gasteiger charge is -2.01. The molecule has 27 heavy (non-hydrogen) atoms.